The van der Waals surface area contributed by atoms with Crippen molar-refractivity contribution in [1.29, 1.82) is 0 Å². The Morgan fingerprint density at radius 3 is 2.62 bits per heavy atom. The van der Waals surface area contributed by atoms with E-state index in [1.54, 1.807) is 7.11 Å². The summed E-state index contributed by atoms with van der Waals surface area (Å²) in [6.45, 7) is 5.19. The highest BCUT2D eigenvalue weighted by molar-refractivity contribution is 5.27. The number of hydrogen-bond donors (Lipinski definition) is 0. The van der Waals surface area contributed by atoms with Crippen LogP contribution in [0.5, 0.6) is 5.75 Å². The van der Waals surface area contributed by atoms with Crippen LogP contribution in [0.15, 0.2) is 48.8 Å². The molecule has 1 aromatic heterocycles. The highest BCUT2D eigenvalue weighted by atomic mass is 16.5. The maximum atomic E-state index is 6.14. The molecule has 1 aromatic carbocycles. The van der Waals surface area contributed by atoms with Gasteiger partial charge in [0.25, 0.3) is 0 Å². The molecular weight excluding hydrogens is 328 g/mol. The summed E-state index contributed by atoms with van der Waals surface area (Å²) in [6.07, 6.45) is 4.70. The molecule has 0 N–H and O–H groups in total. The molecule has 138 valence electrons. The zero-order valence-electron chi connectivity index (χ0n) is 15.3. The van der Waals surface area contributed by atoms with E-state index in [1.807, 2.05) is 36.7 Å². The van der Waals surface area contributed by atoms with Crippen molar-refractivity contribution in [2.45, 2.75) is 25.2 Å². The van der Waals surface area contributed by atoms with Crippen molar-refractivity contribution < 1.29 is 14.2 Å². The number of hydrogen-bond acceptors (Lipinski definition) is 5. The minimum atomic E-state index is -0.00921. The van der Waals surface area contributed by atoms with Gasteiger partial charge < -0.3 is 14.2 Å². The molecule has 1 spiro atoms. The summed E-state index contributed by atoms with van der Waals surface area (Å²) in [5.74, 6) is 1.39. The molecule has 2 aliphatic heterocycles. The zero-order chi connectivity index (χ0) is 17.8. The van der Waals surface area contributed by atoms with Crippen molar-refractivity contribution in [1.82, 2.24) is 9.88 Å². The number of pyridine rings is 1. The van der Waals surface area contributed by atoms with E-state index >= 15 is 0 Å². The van der Waals surface area contributed by atoms with Crippen LogP contribution < -0.4 is 4.74 Å². The highest BCUT2D eigenvalue weighted by Crippen LogP contribution is 2.40. The summed E-state index contributed by atoms with van der Waals surface area (Å²) in [5, 5.41) is 0. The lowest BCUT2D eigenvalue weighted by molar-refractivity contribution is -0.146. The van der Waals surface area contributed by atoms with Gasteiger partial charge in [0.2, 0.25) is 0 Å². The van der Waals surface area contributed by atoms with Crippen LogP contribution in [0.1, 0.15) is 17.5 Å². The summed E-state index contributed by atoms with van der Waals surface area (Å²) >= 11 is 0. The van der Waals surface area contributed by atoms with Crippen LogP contribution >= 0.6 is 0 Å². The van der Waals surface area contributed by atoms with Gasteiger partial charge >= 0.3 is 0 Å². The standard InChI is InChI=1S/C21H26N2O3/c1-24-20-4-2-17(3-5-20)12-23-15-21(16-23)19(8-11-26-21)14-25-13-18-6-9-22-10-7-18/h2-7,9-10,19H,8,11-16H2,1H3/t19-/m1/s1. The number of benzene rings is 1. The smallest absolute Gasteiger partial charge is 0.118 e. The van der Waals surface area contributed by atoms with Gasteiger partial charge in [-0.1, -0.05) is 12.1 Å². The predicted molar refractivity (Wildman–Crippen MR) is 99.0 cm³/mol. The second-order valence-corrected chi connectivity index (χ2v) is 7.26. The Kier molecular flexibility index (Phi) is 5.20. The molecule has 26 heavy (non-hydrogen) atoms. The van der Waals surface area contributed by atoms with Crippen LogP contribution in [0, 0.1) is 5.92 Å². The van der Waals surface area contributed by atoms with Crippen LogP contribution in [-0.4, -0.2) is 48.9 Å². The molecule has 0 saturated carbocycles. The molecule has 5 heteroatoms. The monoisotopic (exact) mass is 354 g/mol. The quantitative estimate of drug-likeness (QED) is 0.765. The fourth-order valence-corrected chi connectivity index (χ4v) is 3.98. The predicted octanol–water partition coefficient (Wildman–Crippen LogP) is 2.90. The molecule has 0 aliphatic carbocycles. The normalized spacial score (nSPS) is 21.7. The molecule has 2 aromatic rings. The molecule has 3 heterocycles. The van der Waals surface area contributed by atoms with Crippen molar-refractivity contribution in [3.05, 3.63) is 59.9 Å². The van der Waals surface area contributed by atoms with E-state index in [1.165, 1.54) is 11.1 Å². The van der Waals surface area contributed by atoms with Gasteiger partial charge in [0.05, 0.1) is 25.9 Å². The second kappa shape index (κ2) is 7.74. The lowest BCUT2D eigenvalue weighted by atomic mass is 9.81. The maximum Gasteiger partial charge on any atom is 0.118 e. The molecule has 0 amide bonds. The Morgan fingerprint density at radius 1 is 1.12 bits per heavy atom. The topological polar surface area (TPSA) is 43.8 Å². The summed E-state index contributed by atoms with van der Waals surface area (Å²) in [4.78, 5) is 6.49. The number of ether oxygens (including phenoxy) is 3. The first kappa shape index (κ1) is 17.5. The van der Waals surface area contributed by atoms with E-state index < -0.39 is 0 Å². The average molecular weight is 354 g/mol. The molecule has 4 rings (SSSR count). The average Bonchev–Trinajstić information content (AvgIpc) is 3.07. The van der Waals surface area contributed by atoms with Crippen LogP contribution in [0.25, 0.3) is 0 Å². The Balaban J connectivity index is 1.26. The van der Waals surface area contributed by atoms with Crippen LogP contribution in [0.4, 0.5) is 0 Å². The van der Waals surface area contributed by atoms with Crippen molar-refractivity contribution in [3.63, 3.8) is 0 Å². The van der Waals surface area contributed by atoms with E-state index in [0.29, 0.717) is 12.5 Å². The minimum absolute atomic E-state index is 0.00921. The van der Waals surface area contributed by atoms with Gasteiger partial charge in [0.15, 0.2) is 0 Å². The third-order valence-electron chi connectivity index (χ3n) is 5.48. The van der Waals surface area contributed by atoms with Crippen LogP contribution in [-0.2, 0) is 22.6 Å². The number of likely N-dealkylation sites (tertiary alicyclic amines) is 1. The fraction of sp³-hybridized carbons (Fsp3) is 0.476. The molecule has 2 fully saturated rings. The SMILES string of the molecule is COc1ccc(CN2CC3(C2)OCC[C@@H]3COCc2ccncc2)cc1. The van der Waals surface area contributed by atoms with E-state index in [-0.39, 0.29) is 5.60 Å². The van der Waals surface area contributed by atoms with Gasteiger partial charge in [-0.25, -0.2) is 0 Å². The van der Waals surface area contributed by atoms with Crippen molar-refractivity contribution in [2.75, 3.05) is 33.4 Å². The summed E-state index contributed by atoms with van der Waals surface area (Å²) in [7, 11) is 1.70. The lowest BCUT2D eigenvalue weighted by Gasteiger charge is -2.50. The van der Waals surface area contributed by atoms with Gasteiger partial charge in [-0.15, -0.1) is 0 Å². The lowest BCUT2D eigenvalue weighted by Crippen LogP contribution is -2.64. The molecule has 2 saturated heterocycles. The first-order valence-corrected chi connectivity index (χ1v) is 9.23. The molecule has 0 unspecified atom stereocenters. The van der Waals surface area contributed by atoms with E-state index in [9.17, 15) is 0 Å². The molecule has 0 bridgehead atoms. The van der Waals surface area contributed by atoms with Gasteiger partial charge in [-0.2, -0.15) is 0 Å². The van der Waals surface area contributed by atoms with Gasteiger partial charge in [0, 0.05) is 44.6 Å². The number of methoxy groups -OCH3 is 1. The largest absolute Gasteiger partial charge is 0.497 e. The first-order valence-electron chi connectivity index (χ1n) is 9.23. The number of rotatable bonds is 7. The van der Waals surface area contributed by atoms with Gasteiger partial charge in [-0.05, 0) is 41.8 Å². The van der Waals surface area contributed by atoms with E-state index in [4.69, 9.17) is 14.2 Å². The summed E-state index contributed by atoms with van der Waals surface area (Å²) in [5.41, 5.74) is 2.47. The highest BCUT2D eigenvalue weighted by Gasteiger charge is 2.52. The molecule has 5 nitrogen and oxygen atoms in total. The van der Waals surface area contributed by atoms with Gasteiger partial charge in [-0.3, -0.25) is 9.88 Å². The second-order valence-electron chi connectivity index (χ2n) is 7.26. The molecule has 2 aliphatic rings. The van der Waals surface area contributed by atoms with Crippen LogP contribution in [0.3, 0.4) is 0 Å². The van der Waals surface area contributed by atoms with Crippen molar-refractivity contribution >= 4 is 0 Å². The van der Waals surface area contributed by atoms with Gasteiger partial charge in [0.1, 0.15) is 5.75 Å². The van der Waals surface area contributed by atoms with Crippen LogP contribution in [0.2, 0.25) is 0 Å². The van der Waals surface area contributed by atoms with E-state index in [0.717, 1.165) is 45.0 Å². The molecular formula is C21H26N2O3. The molecule has 1 atom stereocenters. The third kappa shape index (κ3) is 3.75. The van der Waals surface area contributed by atoms with E-state index in [2.05, 4.69) is 22.0 Å². The Labute approximate surface area is 154 Å². The number of nitrogens with zero attached hydrogens (tertiary/aromatic N) is 2. The summed E-state index contributed by atoms with van der Waals surface area (Å²) in [6, 6.07) is 12.3. The zero-order valence-corrected chi connectivity index (χ0v) is 15.3. The van der Waals surface area contributed by atoms with Crippen molar-refractivity contribution in [3.8, 4) is 5.75 Å². The van der Waals surface area contributed by atoms with Crippen molar-refractivity contribution in [2.24, 2.45) is 5.92 Å². The fourth-order valence-electron chi connectivity index (χ4n) is 3.98. The maximum absolute atomic E-state index is 6.14. The minimum Gasteiger partial charge on any atom is -0.497 e. The third-order valence-corrected chi connectivity index (χ3v) is 5.48. The molecule has 0 radical (unpaired) electrons. The summed E-state index contributed by atoms with van der Waals surface area (Å²) < 4.78 is 17.3. The number of aromatic nitrogens is 1. The Bertz CT molecular complexity index is 699. The Hall–Kier alpha value is -1.95. The first-order chi connectivity index (χ1) is 12.8. The Morgan fingerprint density at radius 2 is 1.88 bits per heavy atom.